The molecule has 90 valence electrons. The molecule has 2 aromatic rings. The summed E-state index contributed by atoms with van der Waals surface area (Å²) in [6.07, 6.45) is 1.83. The summed E-state index contributed by atoms with van der Waals surface area (Å²) in [6.45, 7) is 2.49. The van der Waals surface area contributed by atoms with Gasteiger partial charge in [0, 0.05) is 7.05 Å². The first-order valence-electron chi connectivity index (χ1n) is 5.45. The van der Waals surface area contributed by atoms with Crippen LogP contribution in [0.3, 0.4) is 0 Å². The normalized spacial score (nSPS) is 10.3. The highest BCUT2D eigenvalue weighted by Crippen LogP contribution is 2.18. The number of nitrogens with zero attached hydrogens (tertiary/aromatic N) is 2. The lowest BCUT2D eigenvalue weighted by atomic mass is 10.3. The first-order chi connectivity index (χ1) is 8.20. The molecule has 4 heteroatoms. The van der Waals surface area contributed by atoms with Crippen LogP contribution < -0.4 is 9.47 Å². The second kappa shape index (κ2) is 4.91. The molecule has 0 aliphatic heterocycles. The van der Waals surface area contributed by atoms with Gasteiger partial charge < -0.3 is 14.0 Å². The van der Waals surface area contributed by atoms with E-state index in [1.807, 2.05) is 49.0 Å². The topological polar surface area (TPSA) is 36.3 Å². The van der Waals surface area contributed by atoms with Gasteiger partial charge in [-0.1, -0.05) is 0 Å². The highest BCUT2D eigenvalue weighted by molar-refractivity contribution is 5.31. The van der Waals surface area contributed by atoms with Gasteiger partial charge in [0.25, 0.3) is 0 Å². The summed E-state index contributed by atoms with van der Waals surface area (Å²) >= 11 is 0. The minimum absolute atomic E-state index is 0.518. The molecule has 0 bridgehead atoms. The molecule has 0 radical (unpaired) electrons. The minimum atomic E-state index is 0.518. The molecule has 1 aromatic carbocycles. The van der Waals surface area contributed by atoms with Crippen LogP contribution in [0.2, 0.25) is 0 Å². The molecule has 0 unspecified atom stereocenters. The van der Waals surface area contributed by atoms with E-state index >= 15 is 0 Å². The Morgan fingerprint density at radius 2 is 1.82 bits per heavy atom. The van der Waals surface area contributed by atoms with Crippen LogP contribution in [0.15, 0.2) is 30.5 Å². The van der Waals surface area contributed by atoms with Crippen LogP contribution in [0.1, 0.15) is 11.5 Å². The van der Waals surface area contributed by atoms with Crippen LogP contribution >= 0.6 is 0 Å². The third-order valence-corrected chi connectivity index (χ3v) is 2.76. The lowest BCUT2D eigenvalue weighted by Crippen LogP contribution is -2.02. The predicted molar refractivity (Wildman–Crippen MR) is 65.3 cm³/mol. The second-order valence-corrected chi connectivity index (χ2v) is 3.82. The molecule has 0 amide bonds. The van der Waals surface area contributed by atoms with Crippen molar-refractivity contribution in [3.63, 3.8) is 0 Å². The molecule has 0 aliphatic carbocycles. The maximum atomic E-state index is 5.67. The molecule has 0 atom stereocenters. The van der Waals surface area contributed by atoms with Crippen molar-refractivity contribution in [2.75, 3.05) is 7.11 Å². The second-order valence-electron chi connectivity index (χ2n) is 3.82. The number of ether oxygens (including phenoxy) is 2. The van der Waals surface area contributed by atoms with Crippen molar-refractivity contribution in [2.45, 2.75) is 13.5 Å². The molecule has 17 heavy (non-hydrogen) atoms. The number of hydrogen-bond donors (Lipinski definition) is 0. The Morgan fingerprint density at radius 3 is 2.35 bits per heavy atom. The number of imidazole rings is 1. The summed E-state index contributed by atoms with van der Waals surface area (Å²) in [4.78, 5) is 4.22. The Balaban J connectivity index is 2.00. The smallest absolute Gasteiger partial charge is 0.130 e. The lowest BCUT2D eigenvalue weighted by molar-refractivity contribution is 0.296. The van der Waals surface area contributed by atoms with Crippen LogP contribution in [0, 0.1) is 6.92 Å². The van der Waals surface area contributed by atoms with E-state index in [1.165, 1.54) is 0 Å². The van der Waals surface area contributed by atoms with Gasteiger partial charge in [0.2, 0.25) is 0 Å². The minimum Gasteiger partial charge on any atom is -0.497 e. The zero-order valence-corrected chi connectivity index (χ0v) is 10.3. The average molecular weight is 232 g/mol. The fraction of sp³-hybridized carbons (Fsp3) is 0.308. The maximum Gasteiger partial charge on any atom is 0.130 e. The molecular formula is C13H16N2O2. The van der Waals surface area contributed by atoms with Gasteiger partial charge in [-0.25, -0.2) is 4.98 Å². The number of hydrogen-bond acceptors (Lipinski definition) is 3. The molecule has 2 rings (SSSR count). The summed E-state index contributed by atoms with van der Waals surface area (Å²) in [5.41, 5.74) is 1.05. The molecule has 0 saturated carbocycles. The van der Waals surface area contributed by atoms with Crippen LogP contribution in [0.4, 0.5) is 0 Å². The molecule has 0 spiro atoms. The SMILES string of the molecule is COc1ccc(OCc2cnc(C)n2C)cc1. The quantitative estimate of drug-likeness (QED) is 0.811. The van der Waals surface area contributed by atoms with Gasteiger partial charge in [0.1, 0.15) is 23.9 Å². The summed E-state index contributed by atoms with van der Waals surface area (Å²) in [7, 11) is 3.63. The third-order valence-electron chi connectivity index (χ3n) is 2.76. The molecular weight excluding hydrogens is 216 g/mol. The number of methoxy groups -OCH3 is 1. The Bertz CT molecular complexity index is 489. The fourth-order valence-electron chi connectivity index (χ4n) is 1.51. The van der Waals surface area contributed by atoms with Gasteiger partial charge in [-0.3, -0.25) is 0 Å². The first-order valence-corrected chi connectivity index (χ1v) is 5.45. The molecule has 0 saturated heterocycles. The van der Waals surface area contributed by atoms with Gasteiger partial charge in [0.05, 0.1) is 19.0 Å². The summed E-state index contributed by atoms with van der Waals surface area (Å²) in [5.74, 6) is 2.64. The molecule has 0 aliphatic rings. The van der Waals surface area contributed by atoms with Crippen molar-refractivity contribution >= 4 is 0 Å². The zero-order valence-electron chi connectivity index (χ0n) is 10.3. The zero-order chi connectivity index (χ0) is 12.3. The number of aromatic nitrogens is 2. The molecule has 4 nitrogen and oxygen atoms in total. The number of benzene rings is 1. The van der Waals surface area contributed by atoms with E-state index in [4.69, 9.17) is 9.47 Å². The monoisotopic (exact) mass is 232 g/mol. The summed E-state index contributed by atoms with van der Waals surface area (Å²) < 4.78 is 12.8. The largest absolute Gasteiger partial charge is 0.497 e. The predicted octanol–water partition coefficient (Wildman–Crippen LogP) is 2.32. The fourth-order valence-corrected chi connectivity index (χ4v) is 1.51. The van der Waals surface area contributed by atoms with Crippen LogP contribution in [-0.4, -0.2) is 16.7 Å². The van der Waals surface area contributed by atoms with Crippen molar-refractivity contribution < 1.29 is 9.47 Å². The molecule has 1 aromatic heterocycles. The molecule has 1 heterocycles. The molecule has 0 fully saturated rings. The van der Waals surface area contributed by atoms with Gasteiger partial charge in [-0.2, -0.15) is 0 Å². The van der Waals surface area contributed by atoms with Crippen molar-refractivity contribution in [2.24, 2.45) is 7.05 Å². The highest BCUT2D eigenvalue weighted by Gasteiger charge is 2.03. The summed E-state index contributed by atoms with van der Waals surface area (Å²) in [5, 5.41) is 0. The van der Waals surface area contributed by atoms with E-state index in [-0.39, 0.29) is 0 Å². The Morgan fingerprint density at radius 1 is 1.18 bits per heavy atom. The van der Waals surface area contributed by atoms with E-state index in [9.17, 15) is 0 Å². The van der Waals surface area contributed by atoms with Crippen molar-refractivity contribution in [3.8, 4) is 11.5 Å². The van der Waals surface area contributed by atoms with E-state index < -0.39 is 0 Å². The molecule has 0 N–H and O–H groups in total. The Kier molecular flexibility index (Phi) is 3.32. The van der Waals surface area contributed by atoms with Gasteiger partial charge in [0.15, 0.2) is 0 Å². The average Bonchev–Trinajstić information content (AvgIpc) is 2.68. The van der Waals surface area contributed by atoms with Gasteiger partial charge in [-0.15, -0.1) is 0 Å². The van der Waals surface area contributed by atoms with Crippen LogP contribution in [0.5, 0.6) is 11.5 Å². The summed E-state index contributed by atoms with van der Waals surface area (Å²) in [6, 6.07) is 7.54. The van der Waals surface area contributed by atoms with Crippen LogP contribution in [-0.2, 0) is 13.7 Å². The standard InChI is InChI=1S/C13H16N2O2/c1-10-14-8-11(15(10)2)9-17-13-6-4-12(16-3)5-7-13/h4-8H,9H2,1-3H3. The maximum absolute atomic E-state index is 5.67. The van der Waals surface area contributed by atoms with E-state index in [2.05, 4.69) is 4.98 Å². The first kappa shape index (κ1) is 11.5. The third kappa shape index (κ3) is 2.58. The van der Waals surface area contributed by atoms with Crippen LogP contribution in [0.25, 0.3) is 0 Å². The van der Waals surface area contributed by atoms with Gasteiger partial charge in [-0.05, 0) is 31.2 Å². The number of aryl methyl sites for hydroxylation is 1. The van der Waals surface area contributed by atoms with E-state index in [0.29, 0.717) is 6.61 Å². The van der Waals surface area contributed by atoms with Gasteiger partial charge >= 0.3 is 0 Å². The van der Waals surface area contributed by atoms with E-state index in [1.54, 1.807) is 7.11 Å². The van der Waals surface area contributed by atoms with E-state index in [0.717, 1.165) is 23.0 Å². The Labute approximate surface area is 101 Å². The highest BCUT2D eigenvalue weighted by atomic mass is 16.5. The van der Waals surface area contributed by atoms with Crippen molar-refractivity contribution in [3.05, 3.63) is 42.0 Å². The van der Waals surface area contributed by atoms with Crippen molar-refractivity contribution in [1.29, 1.82) is 0 Å². The number of rotatable bonds is 4. The lowest BCUT2D eigenvalue weighted by Gasteiger charge is -2.07. The Hall–Kier alpha value is -1.97. The van der Waals surface area contributed by atoms with Crippen molar-refractivity contribution in [1.82, 2.24) is 9.55 Å².